The van der Waals surface area contributed by atoms with Gasteiger partial charge in [0.25, 0.3) is 5.91 Å². The second-order valence-corrected chi connectivity index (χ2v) is 8.84. The molecule has 0 fully saturated rings. The van der Waals surface area contributed by atoms with E-state index in [1.54, 1.807) is 24.4 Å². The van der Waals surface area contributed by atoms with Gasteiger partial charge in [-0.05, 0) is 68.7 Å². The first kappa shape index (κ1) is 23.5. The van der Waals surface area contributed by atoms with Gasteiger partial charge in [0.05, 0.1) is 18.4 Å². The number of ether oxygens (including phenoxy) is 2. The average molecular weight is 462 g/mol. The maximum atomic E-state index is 12.6. The second kappa shape index (κ2) is 10.5. The van der Waals surface area contributed by atoms with Crippen molar-refractivity contribution in [2.24, 2.45) is 5.92 Å². The lowest BCUT2D eigenvalue weighted by Gasteiger charge is -2.17. The summed E-state index contributed by atoms with van der Waals surface area (Å²) >= 11 is 0. The predicted octanol–water partition coefficient (Wildman–Crippen LogP) is 4.54. The number of nitrogens with one attached hydrogen (secondary N) is 2. The highest BCUT2D eigenvalue weighted by Gasteiger charge is 2.14. The third-order valence-corrected chi connectivity index (χ3v) is 5.55. The topological polar surface area (TPSA) is 111 Å². The summed E-state index contributed by atoms with van der Waals surface area (Å²) < 4.78 is 11.9. The summed E-state index contributed by atoms with van der Waals surface area (Å²) in [5.41, 5.74) is 10.5. The molecule has 6 bridgehead atoms. The molecule has 0 spiro atoms. The molecule has 2 aliphatic rings. The van der Waals surface area contributed by atoms with E-state index in [1.165, 1.54) is 0 Å². The van der Waals surface area contributed by atoms with Crippen LogP contribution in [0, 0.1) is 5.92 Å². The molecule has 0 saturated carbocycles. The summed E-state index contributed by atoms with van der Waals surface area (Å²) in [5.74, 6) is 1.34. The molecule has 1 amide bonds. The van der Waals surface area contributed by atoms with Crippen LogP contribution in [0.25, 0.3) is 11.3 Å². The number of rotatable bonds is 2. The third-order valence-electron chi connectivity index (χ3n) is 5.55. The zero-order valence-electron chi connectivity index (χ0n) is 19.8. The number of nitrogens with zero attached hydrogens (tertiary/aromatic N) is 2. The minimum atomic E-state index is -0.152. The molecular formula is C26H31N5O3. The van der Waals surface area contributed by atoms with E-state index in [0.29, 0.717) is 42.7 Å². The van der Waals surface area contributed by atoms with Gasteiger partial charge in [0.2, 0.25) is 5.95 Å². The minimum Gasteiger partial charge on any atom is -0.491 e. The summed E-state index contributed by atoms with van der Waals surface area (Å²) in [5, 5.41) is 6.25. The van der Waals surface area contributed by atoms with Gasteiger partial charge in [-0.15, -0.1) is 0 Å². The van der Waals surface area contributed by atoms with Gasteiger partial charge in [-0.25, -0.2) is 9.97 Å². The number of nitrogens with two attached hydrogens (primary N) is 1. The molecule has 0 radical (unpaired) electrons. The lowest BCUT2D eigenvalue weighted by Crippen LogP contribution is -2.28. The van der Waals surface area contributed by atoms with Crippen molar-refractivity contribution in [2.75, 3.05) is 24.2 Å². The summed E-state index contributed by atoms with van der Waals surface area (Å²) in [7, 11) is 0. The van der Waals surface area contributed by atoms with Crippen molar-refractivity contribution in [2.45, 2.75) is 39.9 Å². The lowest BCUT2D eigenvalue weighted by atomic mass is 10.0. The first-order chi connectivity index (χ1) is 16.4. The van der Waals surface area contributed by atoms with Crippen molar-refractivity contribution in [3.8, 4) is 17.0 Å². The Labute approximate surface area is 199 Å². The Kier molecular flexibility index (Phi) is 7.27. The summed E-state index contributed by atoms with van der Waals surface area (Å²) in [6.45, 7) is 7.63. The Morgan fingerprint density at radius 2 is 2.03 bits per heavy atom. The molecule has 1 aromatic heterocycles. The number of hydrogen-bond donors (Lipinski definition) is 3. The van der Waals surface area contributed by atoms with E-state index < -0.39 is 0 Å². The van der Waals surface area contributed by atoms with Crippen LogP contribution < -0.4 is 21.1 Å². The van der Waals surface area contributed by atoms with Gasteiger partial charge in [-0.2, -0.15) is 0 Å². The van der Waals surface area contributed by atoms with Crippen molar-refractivity contribution in [3.05, 3.63) is 59.8 Å². The van der Waals surface area contributed by atoms with Crippen LogP contribution in [-0.2, 0) is 11.3 Å². The smallest absolute Gasteiger partial charge is 0.251 e. The van der Waals surface area contributed by atoms with E-state index in [-0.39, 0.29) is 17.9 Å². The Balaban J connectivity index is 1.69. The van der Waals surface area contributed by atoms with Gasteiger partial charge < -0.3 is 25.8 Å². The number of amides is 1. The first-order valence-electron chi connectivity index (χ1n) is 11.5. The second-order valence-electron chi connectivity index (χ2n) is 8.84. The molecule has 0 saturated heterocycles. The number of nitrogen functional groups attached to an aromatic ring is 1. The number of fused-ring (bicyclic) bond motifs is 9. The molecule has 178 valence electrons. The molecular weight excluding hydrogens is 430 g/mol. The largest absolute Gasteiger partial charge is 0.491 e. The predicted molar refractivity (Wildman–Crippen MR) is 133 cm³/mol. The van der Waals surface area contributed by atoms with Crippen molar-refractivity contribution in [1.82, 2.24) is 15.3 Å². The lowest BCUT2D eigenvalue weighted by molar-refractivity contribution is 0.0922. The van der Waals surface area contributed by atoms with Crippen LogP contribution in [0.5, 0.6) is 5.75 Å². The number of anilines is 3. The van der Waals surface area contributed by atoms with Crippen LogP contribution in [0.3, 0.4) is 0 Å². The van der Waals surface area contributed by atoms with Crippen molar-refractivity contribution in [3.63, 3.8) is 0 Å². The molecule has 2 aliphatic heterocycles. The molecule has 8 heteroatoms. The van der Waals surface area contributed by atoms with Gasteiger partial charge in [0, 0.05) is 47.4 Å². The zero-order chi connectivity index (χ0) is 24.1. The summed E-state index contributed by atoms with van der Waals surface area (Å²) in [6, 6.07) is 12.9. The van der Waals surface area contributed by atoms with Gasteiger partial charge in [0.1, 0.15) is 5.75 Å². The van der Waals surface area contributed by atoms with Crippen LogP contribution in [0.2, 0.25) is 0 Å². The number of carbonyl (C=O) groups is 1. The fourth-order valence-electron chi connectivity index (χ4n) is 3.71. The zero-order valence-corrected chi connectivity index (χ0v) is 19.8. The summed E-state index contributed by atoms with van der Waals surface area (Å²) in [6.07, 6.45) is 2.54. The number of benzene rings is 2. The number of hydrogen-bond acceptors (Lipinski definition) is 7. The molecule has 8 nitrogen and oxygen atoms in total. The Morgan fingerprint density at radius 1 is 1.18 bits per heavy atom. The highest BCUT2D eigenvalue weighted by Crippen LogP contribution is 2.29. The van der Waals surface area contributed by atoms with Crippen LogP contribution in [-0.4, -0.2) is 35.1 Å². The fraction of sp³-hybridized carbons (Fsp3) is 0.346. The normalized spacial score (nSPS) is 16.7. The third kappa shape index (κ3) is 5.82. The molecule has 4 N–H and O–H groups in total. The molecule has 3 heterocycles. The van der Waals surface area contributed by atoms with Crippen LogP contribution in [0.4, 0.5) is 17.3 Å². The van der Waals surface area contributed by atoms with E-state index in [1.807, 2.05) is 38.1 Å². The highest BCUT2D eigenvalue weighted by atomic mass is 16.5. The summed E-state index contributed by atoms with van der Waals surface area (Å²) in [4.78, 5) is 21.6. The maximum absolute atomic E-state index is 12.6. The maximum Gasteiger partial charge on any atom is 0.251 e. The number of carbonyl (C=O) groups excluding carboxylic acids is 1. The molecule has 34 heavy (non-hydrogen) atoms. The first-order valence-corrected chi connectivity index (χ1v) is 11.5. The van der Waals surface area contributed by atoms with Crippen LogP contribution >= 0.6 is 0 Å². The Morgan fingerprint density at radius 3 is 2.82 bits per heavy atom. The molecule has 1 atom stereocenters. The minimum absolute atomic E-state index is 0.0485. The Bertz CT molecular complexity index is 1160. The monoisotopic (exact) mass is 461 g/mol. The quantitative estimate of drug-likeness (QED) is 0.480. The molecule has 5 rings (SSSR count). The van der Waals surface area contributed by atoms with E-state index in [2.05, 4.69) is 27.5 Å². The number of aromatic nitrogens is 2. The molecule has 2 aromatic carbocycles. The van der Waals surface area contributed by atoms with E-state index in [4.69, 9.17) is 15.2 Å². The van der Waals surface area contributed by atoms with E-state index in [0.717, 1.165) is 29.0 Å². The van der Waals surface area contributed by atoms with Gasteiger partial charge in [-0.1, -0.05) is 6.92 Å². The fourth-order valence-corrected chi connectivity index (χ4v) is 3.71. The standard InChI is InChI=1S/C26H31N5O3/c1-16(2)34-24-7-5-20-12-19(24)15-33-11-9-17(3)14-29-25(32)18-4-6-21(22(27)13-18)23-8-10-28-26(30-20)31-23/h4-8,10,12-13,16-17H,9,11,14-15,27H2,1-3H3,(H,29,32)(H,28,30,31)/t17-/m0/s1. The molecule has 0 aliphatic carbocycles. The van der Waals surface area contributed by atoms with Crippen molar-refractivity contribution in [1.29, 1.82) is 0 Å². The molecule has 0 unspecified atom stereocenters. The van der Waals surface area contributed by atoms with E-state index >= 15 is 0 Å². The van der Waals surface area contributed by atoms with Gasteiger partial charge >= 0.3 is 0 Å². The highest BCUT2D eigenvalue weighted by molar-refractivity contribution is 5.96. The van der Waals surface area contributed by atoms with Crippen molar-refractivity contribution >= 4 is 23.2 Å². The van der Waals surface area contributed by atoms with Crippen LogP contribution in [0.1, 0.15) is 43.1 Å². The van der Waals surface area contributed by atoms with Crippen molar-refractivity contribution < 1.29 is 14.3 Å². The van der Waals surface area contributed by atoms with E-state index in [9.17, 15) is 4.79 Å². The molecule has 3 aromatic rings. The van der Waals surface area contributed by atoms with Gasteiger partial charge in [0.15, 0.2) is 0 Å². The average Bonchev–Trinajstić information content (AvgIpc) is 2.81. The van der Waals surface area contributed by atoms with Crippen LogP contribution in [0.15, 0.2) is 48.7 Å². The SMILES string of the molecule is CC(C)Oc1ccc2cc1COCC[C@H](C)CNC(=O)c1ccc(c(N)c1)-c1ccnc(n1)N2. The Hall–Kier alpha value is -3.65. The van der Waals surface area contributed by atoms with Gasteiger partial charge in [-0.3, -0.25) is 4.79 Å².